The molecule has 1 heterocycles. The molecule has 3 rings (SSSR count). The molecule has 22 heavy (non-hydrogen) atoms. The first-order valence-corrected chi connectivity index (χ1v) is 8.42. The minimum atomic E-state index is -0.342. The zero-order chi connectivity index (χ0) is 15.7. The predicted octanol–water partition coefficient (Wildman–Crippen LogP) is 2.89. The van der Waals surface area contributed by atoms with Crippen molar-refractivity contribution in [3.63, 3.8) is 0 Å². The third-order valence-corrected chi connectivity index (χ3v) is 4.66. The van der Waals surface area contributed by atoms with Crippen molar-refractivity contribution in [3.8, 4) is 0 Å². The monoisotopic (exact) mass is 301 g/mol. The highest BCUT2D eigenvalue weighted by atomic mass is 16.3. The number of hydrogen-bond acceptors (Lipinski definition) is 3. The highest BCUT2D eigenvalue weighted by Gasteiger charge is 2.29. The van der Waals surface area contributed by atoms with E-state index in [2.05, 4.69) is 47.4 Å². The zero-order valence-corrected chi connectivity index (χ0v) is 13.9. The lowest BCUT2D eigenvalue weighted by Crippen LogP contribution is -2.36. The second kappa shape index (κ2) is 6.39. The molecule has 0 bridgehead atoms. The summed E-state index contributed by atoms with van der Waals surface area (Å²) in [6.45, 7) is 8.91. The van der Waals surface area contributed by atoms with Crippen LogP contribution in [0.5, 0.6) is 0 Å². The van der Waals surface area contributed by atoms with Crippen molar-refractivity contribution in [2.45, 2.75) is 58.7 Å². The Morgan fingerprint density at radius 3 is 2.73 bits per heavy atom. The van der Waals surface area contributed by atoms with E-state index in [0.29, 0.717) is 12.6 Å². The van der Waals surface area contributed by atoms with E-state index in [0.717, 1.165) is 30.5 Å². The molecular formula is C18H27N3O. The van der Waals surface area contributed by atoms with Crippen molar-refractivity contribution in [1.82, 2.24) is 14.5 Å². The predicted molar refractivity (Wildman–Crippen MR) is 90.1 cm³/mol. The zero-order valence-electron chi connectivity index (χ0n) is 13.9. The summed E-state index contributed by atoms with van der Waals surface area (Å²) in [4.78, 5) is 6.92. The van der Waals surface area contributed by atoms with Gasteiger partial charge in [-0.15, -0.1) is 0 Å². The molecule has 120 valence electrons. The van der Waals surface area contributed by atoms with E-state index in [4.69, 9.17) is 0 Å². The number of aliphatic hydroxyl groups is 1. The molecule has 4 nitrogen and oxygen atoms in total. The Morgan fingerprint density at radius 1 is 1.32 bits per heavy atom. The van der Waals surface area contributed by atoms with E-state index in [1.165, 1.54) is 24.0 Å². The average molecular weight is 301 g/mol. The number of aliphatic hydroxyl groups excluding tert-OH is 1. The molecule has 1 N–H and O–H groups in total. The van der Waals surface area contributed by atoms with Crippen LogP contribution in [0.25, 0.3) is 11.0 Å². The van der Waals surface area contributed by atoms with Gasteiger partial charge in [-0.25, -0.2) is 4.98 Å². The van der Waals surface area contributed by atoms with Gasteiger partial charge in [0.15, 0.2) is 0 Å². The fourth-order valence-corrected chi connectivity index (χ4v) is 3.16. The third kappa shape index (κ3) is 3.33. The van der Waals surface area contributed by atoms with Gasteiger partial charge in [-0.3, -0.25) is 4.90 Å². The van der Waals surface area contributed by atoms with E-state index in [-0.39, 0.29) is 6.10 Å². The maximum atomic E-state index is 10.5. The summed E-state index contributed by atoms with van der Waals surface area (Å²) < 4.78 is 2.09. The maximum Gasteiger partial charge on any atom is 0.0959 e. The Labute approximate surface area is 132 Å². The van der Waals surface area contributed by atoms with E-state index in [1.54, 1.807) is 0 Å². The van der Waals surface area contributed by atoms with E-state index >= 15 is 0 Å². The van der Waals surface area contributed by atoms with Crippen LogP contribution in [0, 0.1) is 13.8 Å². The lowest BCUT2D eigenvalue weighted by molar-refractivity contribution is 0.0949. The molecule has 1 aromatic carbocycles. The van der Waals surface area contributed by atoms with Crippen molar-refractivity contribution in [1.29, 1.82) is 0 Å². The Morgan fingerprint density at radius 2 is 2.05 bits per heavy atom. The van der Waals surface area contributed by atoms with Gasteiger partial charge in [0.2, 0.25) is 0 Å². The Hall–Kier alpha value is -1.39. The molecule has 0 amide bonds. The Balaban J connectivity index is 1.70. The molecule has 1 aliphatic carbocycles. The van der Waals surface area contributed by atoms with Gasteiger partial charge in [0, 0.05) is 12.6 Å². The van der Waals surface area contributed by atoms with Crippen LogP contribution in [-0.4, -0.2) is 44.8 Å². The molecule has 0 radical (unpaired) electrons. The van der Waals surface area contributed by atoms with Crippen LogP contribution in [0.2, 0.25) is 0 Å². The summed E-state index contributed by atoms with van der Waals surface area (Å²) in [7, 11) is 0. The van der Waals surface area contributed by atoms with Crippen molar-refractivity contribution in [3.05, 3.63) is 29.6 Å². The van der Waals surface area contributed by atoms with Crippen LogP contribution >= 0.6 is 0 Å². The second-order valence-electron chi connectivity index (χ2n) is 6.70. The molecule has 1 aromatic heterocycles. The first-order valence-electron chi connectivity index (χ1n) is 8.42. The number of rotatable bonds is 7. The number of aromatic nitrogens is 2. The van der Waals surface area contributed by atoms with Crippen LogP contribution in [0.15, 0.2) is 18.5 Å². The minimum absolute atomic E-state index is 0.342. The lowest BCUT2D eigenvalue weighted by atomic mass is 10.1. The van der Waals surface area contributed by atoms with Crippen molar-refractivity contribution in [2.24, 2.45) is 0 Å². The van der Waals surface area contributed by atoms with Crippen LogP contribution in [0.4, 0.5) is 0 Å². The maximum absolute atomic E-state index is 10.5. The largest absolute Gasteiger partial charge is 0.390 e. The summed E-state index contributed by atoms with van der Waals surface area (Å²) in [6, 6.07) is 5.01. The number of fused-ring (bicyclic) bond motifs is 1. The van der Waals surface area contributed by atoms with Gasteiger partial charge >= 0.3 is 0 Å². The van der Waals surface area contributed by atoms with Gasteiger partial charge in [-0.2, -0.15) is 0 Å². The molecule has 0 spiro atoms. The second-order valence-corrected chi connectivity index (χ2v) is 6.70. The van der Waals surface area contributed by atoms with Crippen LogP contribution in [0.1, 0.15) is 37.3 Å². The molecule has 1 atom stereocenters. The minimum Gasteiger partial charge on any atom is -0.390 e. The van der Waals surface area contributed by atoms with E-state index in [1.807, 2.05) is 6.33 Å². The lowest BCUT2D eigenvalue weighted by Gasteiger charge is -2.24. The SMILES string of the molecule is CCCN(CC(O)Cn1cnc2cc(C)c(C)cc21)C1CC1. The van der Waals surface area contributed by atoms with Gasteiger partial charge in [0.1, 0.15) is 0 Å². The van der Waals surface area contributed by atoms with Crippen molar-refractivity contribution >= 4 is 11.0 Å². The summed E-state index contributed by atoms with van der Waals surface area (Å²) in [6.07, 6.45) is 5.24. The first kappa shape index (κ1) is 15.5. The van der Waals surface area contributed by atoms with Crippen LogP contribution < -0.4 is 0 Å². The molecule has 2 aromatic rings. The van der Waals surface area contributed by atoms with Gasteiger partial charge in [0.05, 0.1) is 30.0 Å². The number of nitrogens with zero attached hydrogens (tertiary/aromatic N) is 3. The van der Waals surface area contributed by atoms with Gasteiger partial charge in [0.25, 0.3) is 0 Å². The first-order chi connectivity index (χ1) is 10.6. The van der Waals surface area contributed by atoms with Gasteiger partial charge < -0.3 is 9.67 Å². The fraction of sp³-hybridized carbons (Fsp3) is 0.611. The quantitative estimate of drug-likeness (QED) is 0.855. The molecule has 4 heteroatoms. The van der Waals surface area contributed by atoms with Crippen LogP contribution in [0.3, 0.4) is 0 Å². The van der Waals surface area contributed by atoms with Gasteiger partial charge in [-0.05, 0) is 62.9 Å². The number of aryl methyl sites for hydroxylation is 2. The topological polar surface area (TPSA) is 41.3 Å². The molecular weight excluding hydrogens is 274 g/mol. The molecule has 0 aliphatic heterocycles. The third-order valence-electron chi connectivity index (χ3n) is 4.66. The normalized spacial score (nSPS) is 16.6. The summed E-state index contributed by atoms with van der Waals surface area (Å²) in [5.74, 6) is 0. The molecule has 0 saturated heterocycles. The molecule has 1 fully saturated rings. The number of benzene rings is 1. The summed E-state index contributed by atoms with van der Waals surface area (Å²) >= 11 is 0. The van der Waals surface area contributed by atoms with Crippen molar-refractivity contribution < 1.29 is 5.11 Å². The van der Waals surface area contributed by atoms with Crippen molar-refractivity contribution in [2.75, 3.05) is 13.1 Å². The Bertz CT molecular complexity index is 645. The van der Waals surface area contributed by atoms with E-state index < -0.39 is 0 Å². The van der Waals surface area contributed by atoms with E-state index in [9.17, 15) is 5.11 Å². The number of imidazole rings is 1. The van der Waals surface area contributed by atoms with Crippen LogP contribution in [-0.2, 0) is 6.54 Å². The average Bonchev–Trinajstić information content (AvgIpc) is 3.25. The highest BCUT2D eigenvalue weighted by molar-refractivity contribution is 5.77. The molecule has 1 saturated carbocycles. The summed E-state index contributed by atoms with van der Waals surface area (Å²) in [5.41, 5.74) is 4.68. The smallest absolute Gasteiger partial charge is 0.0959 e. The molecule has 1 aliphatic rings. The number of hydrogen-bond donors (Lipinski definition) is 1. The summed E-state index contributed by atoms with van der Waals surface area (Å²) in [5, 5.41) is 10.5. The standard InChI is InChI=1S/C18H27N3O/c1-4-7-20(15-5-6-15)10-16(22)11-21-12-19-17-8-13(2)14(3)9-18(17)21/h8-9,12,15-16,22H,4-7,10-11H2,1-3H3. The fourth-order valence-electron chi connectivity index (χ4n) is 3.16. The van der Waals surface area contributed by atoms with Gasteiger partial charge in [-0.1, -0.05) is 6.92 Å². The highest BCUT2D eigenvalue weighted by Crippen LogP contribution is 2.27. The molecule has 1 unspecified atom stereocenters. The Kier molecular flexibility index (Phi) is 4.50.